The molecule has 2 aromatic carbocycles. The van der Waals surface area contributed by atoms with Gasteiger partial charge in [-0.05, 0) is 36.8 Å². The van der Waals surface area contributed by atoms with Crippen molar-refractivity contribution in [2.75, 3.05) is 19.3 Å². The number of sulfone groups is 1. The number of amides is 1. The number of carbonyl (C=O) groups excluding carboxylic acids is 1. The first kappa shape index (κ1) is 24.1. The number of ether oxygens (including phenoxy) is 1. The molecule has 1 aliphatic rings. The van der Waals surface area contributed by atoms with Gasteiger partial charge in [0.05, 0.1) is 28.5 Å². The van der Waals surface area contributed by atoms with Crippen molar-refractivity contribution >= 4 is 25.8 Å². The number of rotatable bonds is 8. The van der Waals surface area contributed by atoms with Crippen molar-refractivity contribution in [1.29, 1.82) is 0 Å². The van der Waals surface area contributed by atoms with E-state index in [9.17, 15) is 21.6 Å². The highest BCUT2D eigenvalue weighted by molar-refractivity contribution is 7.91. The Morgan fingerprint density at radius 1 is 1.12 bits per heavy atom. The quantitative estimate of drug-likeness (QED) is 0.578. The molecule has 1 fully saturated rings. The van der Waals surface area contributed by atoms with Crippen molar-refractivity contribution in [1.82, 2.24) is 9.62 Å². The van der Waals surface area contributed by atoms with E-state index < -0.39 is 32.0 Å². The van der Waals surface area contributed by atoms with E-state index in [2.05, 4.69) is 11.3 Å². The van der Waals surface area contributed by atoms with Crippen LogP contribution in [0.25, 0.3) is 0 Å². The second-order valence-corrected chi connectivity index (χ2v) is 11.5. The zero-order chi connectivity index (χ0) is 23.5. The van der Waals surface area contributed by atoms with Gasteiger partial charge < -0.3 is 9.64 Å². The highest BCUT2D eigenvalue weighted by atomic mass is 32.2. The van der Waals surface area contributed by atoms with E-state index in [0.29, 0.717) is 0 Å². The van der Waals surface area contributed by atoms with Gasteiger partial charge in [-0.2, -0.15) is 0 Å². The topological polar surface area (TPSA) is 110 Å². The first-order chi connectivity index (χ1) is 15.0. The van der Waals surface area contributed by atoms with Gasteiger partial charge in [0.15, 0.2) is 9.84 Å². The third-order valence-electron chi connectivity index (χ3n) is 5.15. The maximum atomic E-state index is 13.0. The lowest BCUT2D eigenvalue weighted by atomic mass is 10.1. The van der Waals surface area contributed by atoms with Crippen LogP contribution >= 0.6 is 0 Å². The van der Waals surface area contributed by atoms with Gasteiger partial charge in [-0.3, -0.25) is 4.79 Å². The number of hydrogen-bond donors (Lipinski definition) is 1. The molecular weight excluding hydrogens is 452 g/mol. The Balaban J connectivity index is 1.82. The van der Waals surface area contributed by atoms with Crippen molar-refractivity contribution < 1.29 is 26.4 Å². The predicted molar refractivity (Wildman–Crippen MR) is 120 cm³/mol. The zero-order valence-corrected chi connectivity index (χ0v) is 19.5. The maximum absolute atomic E-state index is 13.0. The summed E-state index contributed by atoms with van der Waals surface area (Å²) in [5.74, 6) is -0.324. The number of aryl methyl sites for hydroxylation is 1. The monoisotopic (exact) mass is 478 g/mol. The van der Waals surface area contributed by atoms with E-state index in [-0.39, 0.29) is 35.4 Å². The second-order valence-electron chi connectivity index (χ2n) is 7.76. The first-order valence-electron chi connectivity index (χ1n) is 9.90. The van der Waals surface area contributed by atoms with Gasteiger partial charge >= 0.3 is 0 Å². The number of hydrogen-bond acceptors (Lipinski definition) is 6. The van der Waals surface area contributed by atoms with Gasteiger partial charge in [0.25, 0.3) is 0 Å². The summed E-state index contributed by atoms with van der Waals surface area (Å²) in [5, 5.41) is 0. The molecule has 32 heavy (non-hydrogen) atoms. The maximum Gasteiger partial charge on any atom is 0.246 e. The molecule has 3 rings (SSSR count). The summed E-state index contributed by atoms with van der Waals surface area (Å²) < 4.78 is 58.2. The van der Waals surface area contributed by atoms with Crippen molar-refractivity contribution in [2.45, 2.75) is 35.5 Å². The van der Waals surface area contributed by atoms with E-state index in [1.54, 1.807) is 0 Å². The first-order valence-corrected chi connectivity index (χ1v) is 13.3. The van der Waals surface area contributed by atoms with Crippen LogP contribution in [-0.2, 0) is 36.0 Å². The molecule has 172 valence electrons. The number of benzene rings is 2. The van der Waals surface area contributed by atoms with Crippen molar-refractivity contribution in [2.24, 2.45) is 0 Å². The van der Waals surface area contributed by atoms with Gasteiger partial charge in [0, 0.05) is 19.3 Å². The Labute approximate surface area is 188 Å². The lowest BCUT2D eigenvalue weighted by Gasteiger charge is -2.20. The van der Waals surface area contributed by atoms with Crippen LogP contribution in [0.15, 0.2) is 71.0 Å². The van der Waals surface area contributed by atoms with Gasteiger partial charge in [0.2, 0.25) is 15.9 Å². The van der Waals surface area contributed by atoms with Crippen LogP contribution in [-0.4, -0.2) is 59.1 Å². The standard InChI is InChI=1S/C22H26N2O6S2/c1-4-22(25)24-13-20(21(14-24)30-15-17-8-5-7-16(2)11-17)23-32(28,29)19-10-6-9-18(12-19)31(3,26)27/h4-12,20-21,23H,1,13-15H2,2-3H3/t20-,21-/m1/s1. The summed E-state index contributed by atoms with van der Waals surface area (Å²) in [7, 11) is -7.63. The van der Waals surface area contributed by atoms with Gasteiger partial charge in [-0.15, -0.1) is 0 Å². The molecule has 1 saturated heterocycles. The van der Waals surface area contributed by atoms with Crippen molar-refractivity contribution in [3.63, 3.8) is 0 Å². The lowest BCUT2D eigenvalue weighted by molar-refractivity contribution is -0.125. The molecule has 1 N–H and O–H groups in total. The van der Waals surface area contributed by atoms with E-state index in [4.69, 9.17) is 4.74 Å². The van der Waals surface area contributed by atoms with Crippen LogP contribution in [0.3, 0.4) is 0 Å². The van der Waals surface area contributed by atoms with E-state index in [1.807, 2.05) is 31.2 Å². The fraction of sp³-hybridized carbons (Fsp3) is 0.318. The molecule has 8 nitrogen and oxygen atoms in total. The summed E-state index contributed by atoms with van der Waals surface area (Å²) in [6.07, 6.45) is 1.59. The fourth-order valence-electron chi connectivity index (χ4n) is 3.51. The zero-order valence-electron chi connectivity index (χ0n) is 17.9. The van der Waals surface area contributed by atoms with Crippen LogP contribution in [0.1, 0.15) is 11.1 Å². The minimum Gasteiger partial charge on any atom is -0.370 e. The molecule has 1 amide bonds. The minimum absolute atomic E-state index is 0.0949. The third kappa shape index (κ3) is 5.83. The molecule has 0 spiro atoms. The molecular formula is C22H26N2O6S2. The van der Waals surface area contributed by atoms with Crippen LogP contribution in [0.2, 0.25) is 0 Å². The molecule has 1 aliphatic heterocycles. The number of carbonyl (C=O) groups is 1. The number of likely N-dealkylation sites (tertiary alicyclic amines) is 1. The molecule has 0 bridgehead atoms. The smallest absolute Gasteiger partial charge is 0.246 e. The second kappa shape index (κ2) is 9.53. The van der Waals surface area contributed by atoms with Crippen LogP contribution < -0.4 is 4.72 Å². The average molecular weight is 479 g/mol. The molecule has 0 saturated carbocycles. The molecule has 0 unspecified atom stereocenters. The molecule has 2 atom stereocenters. The summed E-state index contributed by atoms with van der Waals surface area (Å²) in [4.78, 5) is 13.3. The predicted octanol–water partition coefficient (Wildman–Crippen LogP) is 1.66. The Morgan fingerprint density at radius 3 is 2.47 bits per heavy atom. The Bertz CT molecular complexity index is 1220. The van der Waals surface area contributed by atoms with E-state index in [1.165, 1.54) is 29.2 Å². The molecule has 2 aromatic rings. The molecule has 0 aliphatic carbocycles. The highest BCUT2D eigenvalue weighted by Crippen LogP contribution is 2.21. The average Bonchev–Trinajstić information content (AvgIpc) is 3.13. The van der Waals surface area contributed by atoms with E-state index in [0.717, 1.165) is 23.4 Å². The lowest BCUT2D eigenvalue weighted by Crippen LogP contribution is -2.44. The van der Waals surface area contributed by atoms with Crippen LogP contribution in [0.4, 0.5) is 0 Å². The van der Waals surface area contributed by atoms with Crippen LogP contribution in [0, 0.1) is 6.92 Å². The molecule has 1 heterocycles. The normalized spacial score (nSPS) is 19.1. The van der Waals surface area contributed by atoms with Crippen molar-refractivity contribution in [3.8, 4) is 0 Å². The van der Waals surface area contributed by atoms with Gasteiger partial charge in [0.1, 0.15) is 0 Å². The fourth-order valence-corrected chi connectivity index (χ4v) is 5.55. The van der Waals surface area contributed by atoms with Crippen molar-refractivity contribution in [3.05, 3.63) is 72.3 Å². The highest BCUT2D eigenvalue weighted by Gasteiger charge is 2.38. The molecule has 10 heteroatoms. The Kier molecular flexibility index (Phi) is 7.19. The Morgan fingerprint density at radius 2 is 1.81 bits per heavy atom. The SMILES string of the molecule is C=CC(=O)N1C[C@@H](NS(=O)(=O)c2cccc(S(C)(=O)=O)c2)[C@H](OCc2cccc(C)c2)C1. The Hall–Kier alpha value is -2.53. The third-order valence-corrected chi connectivity index (χ3v) is 7.75. The molecule has 0 aromatic heterocycles. The number of nitrogens with zero attached hydrogens (tertiary/aromatic N) is 1. The largest absolute Gasteiger partial charge is 0.370 e. The number of sulfonamides is 1. The van der Waals surface area contributed by atoms with Gasteiger partial charge in [-0.1, -0.05) is 42.5 Å². The summed E-state index contributed by atoms with van der Waals surface area (Å²) in [5.41, 5.74) is 2.00. The number of nitrogens with one attached hydrogen (secondary N) is 1. The summed E-state index contributed by atoms with van der Waals surface area (Å²) in [6.45, 7) is 6.01. The molecule has 0 radical (unpaired) electrons. The van der Waals surface area contributed by atoms with Crippen LogP contribution in [0.5, 0.6) is 0 Å². The van der Waals surface area contributed by atoms with E-state index >= 15 is 0 Å². The van der Waals surface area contributed by atoms with Gasteiger partial charge in [-0.25, -0.2) is 21.6 Å². The minimum atomic E-state index is -4.06. The summed E-state index contributed by atoms with van der Waals surface area (Å²) in [6, 6.07) is 12.2. The summed E-state index contributed by atoms with van der Waals surface area (Å²) >= 11 is 0.